The van der Waals surface area contributed by atoms with E-state index in [4.69, 9.17) is 4.74 Å². The van der Waals surface area contributed by atoms with Crippen molar-refractivity contribution in [2.24, 2.45) is 7.05 Å². The van der Waals surface area contributed by atoms with E-state index in [0.717, 1.165) is 32.2 Å². The maximum atomic E-state index is 15.5. The number of likely N-dealkylation sites (N-methyl/N-ethyl adjacent to an activating group) is 1. The van der Waals surface area contributed by atoms with E-state index < -0.39 is 11.8 Å². The molecule has 0 unspecified atom stereocenters. The van der Waals surface area contributed by atoms with Crippen LogP contribution < -0.4 is 20.7 Å². The predicted molar refractivity (Wildman–Crippen MR) is 183 cm³/mol. The van der Waals surface area contributed by atoms with Gasteiger partial charge < -0.3 is 29.0 Å². The Hall–Kier alpha value is -5.30. The van der Waals surface area contributed by atoms with Crippen LogP contribution in [0.2, 0.25) is 0 Å². The molecule has 49 heavy (non-hydrogen) atoms. The zero-order valence-electron chi connectivity index (χ0n) is 27.8. The number of amides is 2. The molecule has 0 radical (unpaired) electrons. The average Bonchev–Trinajstić information content (AvgIpc) is 3.46. The van der Waals surface area contributed by atoms with Gasteiger partial charge in [-0.1, -0.05) is 0 Å². The maximum absolute atomic E-state index is 15.5. The van der Waals surface area contributed by atoms with Gasteiger partial charge in [0.1, 0.15) is 29.6 Å². The molecule has 0 bridgehead atoms. The zero-order valence-corrected chi connectivity index (χ0v) is 27.8. The van der Waals surface area contributed by atoms with Gasteiger partial charge >= 0.3 is 5.97 Å². The van der Waals surface area contributed by atoms with E-state index >= 15 is 4.39 Å². The summed E-state index contributed by atoms with van der Waals surface area (Å²) in [6.07, 6.45) is 7.20. The topological polar surface area (TPSA) is 122 Å². The maximum Gasteiger partial charge on any atom is 0.302 e. The summed E-state index contributed by atoms with van der Waals surface area (Å²) >= 11 is 0. The first-order chi connectivity index (χ1) is 23.6. The van der Waals surface area contributed by atoms with Gasteiger partial charge in [0.05, 0.1) is 24.1 Å². The standard InChI is InChI=1S/C36H38FN7O5/c1-22(45)49-21-28-27(16-25(37)17-31(28)44-13-12-43-30-7-5-4-6-23(30)15-32(43)36(44)48)24-14-29(35(47)41(3)19-24)39-33-9-8-26(18-38-33)42-11-10-40(2)20-34(42)46/h8-9,14-19H,4-7,10-13,20-21H2,1-3H3,(H,38,39). The normalized spacial score (nSPS) is 16.4. The molecule has 0 spiro atoms. The van der Waals surface area contributed by atoms with Gasteiger partial charge in [0.25, 0.3) is 11.5 Å². The Labute approximate surface area is 282 Å². The van der Waals surface area contributed by atoms with Crippen LogP contribution in [0.1, 0.15) is 47.1 Å². The number of anilines is 4. The van der Waals surface area contributed by atoms with Gasteiger partial charge in [-0.25, -0.2) is 9.37 Å². The molecular weight excluding hydrogens is 629 g/mol. The Morgan fingerprint density at radius 2 is 1.78 bits per heavy atom. The van der Waals surface area contributed by atoms with Crippen LogP contribution in [0, 0.1) is 5.82 Å². The van der Waals surface area contributed by atoms with E-state index in [1.807, 2.05) is 18.0 Å². The average molecular weight is 668 g/mol. The molecule has 1 saturated heterocycles. The van der Waals surface area contributed by atoms with Gasteiger partial charge in [-0.3, -0.25) is 24.1 Å². The minimum absolute atomic E-state index is 0.0174. The highest BCUT2D eigenvalue weighted by atomic mass is 19.1. The molecule has 1 aliphatic carbocycles. The Morgan fingerprint density at radius 1 is 0.980 bits per heavy atom. The van der Waals surface area contributed by atoms with E-state index in [0.29, 0.717) is 65.8 Å². The summed E-state index contributed by atoms with van der Waals surface area (Å²) in [6, 6.07) is 9.64. The number of aryl methyl sites for hydroxylation is 2. The number of carbonyl (C=O) groups is 3. The lowest BCUT2D eigenvalue weighted by Crippen LogP contribution is -2.48. The molecule has 5 heterocycles. The van der Waals surface area contributed by atoms with Gasteiger partial charge in [-0.05, 0) is 80.3 Å². The Kier molecular flexibility index (Phi) is 8.53. The van der Waals surface area contributed by atoms with Crippen molar-refractivity contribution in [3.05, 3.63) is 87.5 Å². The first kappa shape index (κ1) is 32.3. The monoisotopic (exact) mass is 667 g/mol. The second kappa shape index (κ2) is 13.0. The highest BCUT2D eigenvalue weighted by Crippen LogP contribution is 2.37. The summed E-state index contributed by atoms with van der Waals surface area (Å²) in [5.41, 5.74) is 5.06. The molecular formula is C36H38FN7O5. The molecule has 12 nitrogen and oxygen atoms in total. The fourth-order valence-corrected chi connectivity index (χ4v) is 7.08. The van der Waals surface area contributed by atoms with E-state index in [1.165, 1.54) is 34.9 Å². The number of benzene rings is 1. The number of halogens is 1. The summed E-state index contributed by atoms with van der Waals surface area (Å²) in [4.78, 5) is 61.5. The van der Waals surface area contributed by atoms with Crippen LogP contribution in [0.5, 0.6) is 0 Å². The van der Waals surface area contributed by atoms with Crippen LogP contribution in [0.3, 0.4) is 0 Å². The number of piperazine rings is 1. The minimum Gasteiger partial charge on any atom is -0.461 e. The first-order valence-corrected chi connectivity index (χ1v) is 16.5. The van der Waals surface area contributed by atoms with Gasteiger partial charge in [-0.15, -0.1) is 0 Å². The Morgan fingerprint density at radius 3 is 2.53 bits per heavy atom. The van der Waals surface area contributed by atoms with Crippen LogP contribution in [0.25, 0.3) is 11.1 Å². The number of pyridine rings is 2. The minimum atomic E-state index is -0.580. The SMILES string of the molecule is CC(=O)OCc1c(-c2cc(Nc3ccc(N4CCN(C)CC4=O)cn3)c(=O)n(C)c2)cc(F)cc1N1CCn2c(cc3c2CCCC3)C1=O. The molecule has 2 aliphatic heterocycles. The van der Waals surface area contributed by atoms with Gasteiger partial charge in [0.15, 0.2) is 0 Å². The molecule has 0 saturated carbocycles. The quantitative estimate of drug-likeness (QED) is 0.294. The van der Waals surface area contributed by atoms with Crippen molar-refractivity contribution in [1.82, 2.24) is 19.0 Å². The molecule has 3 aromatic heterocycles. The second-order valence-electron chi connectivity index (χ2n) is 12.9. The first-order valence-electron chi connectivity index (χ1n) is 16.5. The number of aromatic nitrogens is 3. The van der Waals surface area contributed by atoms with Crippen LogP contribution in [-0.2, 0) is 47.4 Å². The summed E-state index contributed by atoms with van der Waals surface area (Å²) in [5, 5.41) is 3.07. The van der Waals surface area contributed by atoms with E-state index in [1.54, 1.807) is 47.4 Å². The van der Waals surface area contributed by atoms with Crippen LogP contribution in [0.15, 0.2) is 53.6 Å². The lowest BCUT2D eigenvalue weighted by Gasteiger charge is -2.32. The Balaban J connectivity index is 1.24. The van der Waals surface area contributed by atoms with Crippen molar-refractivity contribution in [3.63, 3.8) is 0 Å². The summed E-state index contributed by atoms with van der Waals surface area (Å²) in [7, 11) is 3.48. The van der Waals surface area contributed by atoms with Crippen molar-refractivity contribution in [2.45, 2.75) is 45.8 Å². The zero-order chi connectivity index (χ0) is 34.4. The molecule has 3 aliphatic rings. The fraction of sp³-hybridized carbons (Fsp3) is 0.361. The molecule has 1 fully saturated rings. The molecule has 7 rings (SSSR count). The van der Waals surface area contributed by atoms with Crippen molar-refractivity contribution >= 4 is 40.7 Å². The third-order valence-corrected chi connectivity index (χ3v) is 9.55. The molecule has 0 atom stereocenters. The van der Waals surface area contributed by atoms with Crippen molar-refractivity contribution in [2.75, 3.05) is 48.3 Å². The number of rotatable bonds is 7. The molecule has 1 aromatic carbocycles. The number of hydrogen-bond acceptors (Lipinski definition) is 8. The fourth-order valence-electron chi connectivity index (χ4n) is 7.08. The number of ether oxygens (including phenoxy) is 1. The highest BCUT2D eigenvalue weighted by molar-refractivity contribution is 6.07. The lowest BCUT2D eigenvalue weighted by molar-refractivity contribution is -0.142. The van der Waals surface area contributed by atoms with Crippen LogP contribution in [0.4, 0.5) is 27.3 Å². The van der Waals surface area contributed by atoms with E-state index in [-0.39, 0.29) is 29.7 Å². The Bertz CT molecular complexity index is 2040. The summed E-state index contributed by atoms with van der Waals surface area (Å²) in [5.74, 6) is -0.982. The van der Waals surface area contributed by atoms with Gasteiger partial charge in [-0.2, -0.15) is 0 Å². The van der Waals surface area contributed by atoms with Crippen molar-refractivity contribution < 1.29 is 23.5 Å². The van der Waals surface area contributed by atoms with Gasteiger partial charge in [0.2, 0.25) is 5.91 Å². The summed E-state index contributed by atoms with van der Waals surface area (Å²) < 4.78 is 24.5. The molecule has 4 aromatic rings. The van der Waals surface area contributed by atoms with Crippen LogP contribution in [-0.4, -0.2) is 70.0 Å². The number of carbonyl (C=O) groups excluding carboxylic acids is 3. The van der Waals surface area contributed by atoms with E-state index in [2.05, 4.69) is 14.9 Å². The van der Waals surface area contributed by atoms with Crippen LogP contribution >= 0.6 is 0 Å². The molecule has 254 valence electrons. The summed E-state index contributed by atoms with van der Waals surface area (Å²) in [6.45, 7) is 3.60. The largest absolute Gasteiger partial charge is 0.461 e. The smallest absolute Gasteiger partial charge is 0.302 e. The van der Waals surface area contributed by atoms with Crippen molar-refractivity contribution in [1.29, 1.82) is 0 Å². The second-order valence-corrected chi connectivity index (χ2v) is 12.9. The third kappa shape index (κ3) is 6.21. The number of nitrogens with zero attached hydrogens (tertiary/aromatic N) is 6. The number of fused-ring (bicyclic) bond motifs is 3. The molecule has 13 heteroatoms. The molecule has 1 N–H and O–H groups in total. The number of nitrogens with one attached hydrogen (secondary N) is 1. The van der Waals surface area contributed by atoms with E-state index in [9.17, 15) is 19.2 Å². The number of hydrogen-bond donors (Lipinski definition) is 1. The van der Waals surface area contributed by atoms with Gasteiger partial charge in [0, 0.05) is 63.2 Å². The highest BCUT2D eigenvalue weighted by Gasteiger charge is 2.32. The van der Waals surface area contributed by atoms with Crippen molar-refractivity contribution in [3.8, 4) is 11.1 Å². The molecule has 2 amide bonds. The lowest BCUT2D eigenvalue weighted by atomic mass is 9.97. The third-order valence-electron chi connectivity index (χ3n) is 9.55. The number of esters is 1. The predicted octanol–water partition coefficient (Wildman–Crippen LogP) is 4.01.